The van der Waals surface area contributed by atoms with Gasteiger partial charge >= 0.3 is 6.18 Å². The standard InChI is InChI=1S/C14H14F4N2O2.C2H6/c1-3-8(9(6-19)14(16,17)18)13(22)20-11-5-12(21)7(2)4-10(11)15;1-2/h4-6,19,21H,3H2,1-2H3,(H,20,22);1-2H3/b9-8+,19-6?;. The maximum atomic E-state index is 13.7. The number of hydrogen-bond donors (Lipinski definition) is 3. The third kappa shape index (κ3) is 5.36. The molecule has 1 aromatic rings. The van der Waals surface area contributed by atoms with Gasteiger partial charge < -0.3 is 15.8 Å². The van der Waals surface area contributed by atoms with Crippen LogP contribution in [0.5, 0.6) is 5.75 Å². The van der Waals surface area contributed by atoms with Gasteiger partial charge in [0.05, 0.1) is 11.3 Å². The molecule has 0 unspecified atom stereocenters. The van der Waals surface area contributed by atoms with E-state index >= 15 is 0 Å². The Hall–Kier alpha value is -2.38. The molecule has 0 aromatic heterocycles. The Bertz CT molecular complexity index is 638. The van der Waals surface area contributed by atoms with E-state index in [0.717, 1.165) is 12.1 Å². The average Bonchev–Trinajstić information content (AvgIpc) is 2.50. The van der Waals surface area contributed by atoms with Crippen molar-refractivity contribution in [2.75, 3.05) is 5.32 Å². The molecule has 4 nitrogen and oxygen atoms in total. The van der Waals surface area contributed by atoms with Crippen LogP contribution in [0.4, 0.5) is 23.2 Å². The fraction of sp³-hybridized carbons (Fsp3) is 0.375. The number of rotatable bonds is 4. The van der Waals surface area contributed by atoms with Crippen molar-refractivity contribution in [2.45, 2.75) is 40.3 Å². The predicted octanol–water partition coefficient (Wildman–Crippen LogP) is 4.72. The van der Waals surface area contributed by atoms with E-state index in [1.165, 1.54) is 13.8 Å². The van der Waals surface area contributed by atoms with E-state index in [4.69, 9.17) is 5.41 Å². The van der Waals surface area contributed by atoms with Crippen LogP contribution in [-0.2, 0) is 4.79 Å². The van der Waals surface area contributed by atoms with Crippen molar-refractivity contribution in [1.82, 2.24) is 0 Å². The summed E-state index contributed by atoms with van der Waals surface area (Å²) in [5, 5.41) is 18.3. The first kappa shape index (κ1) is 21.6. The SMILES string of the molecule is CC.CC/C(C(=O)Nc1cc(O)c(C)cc1F)=C(/C=N)C(F)(F)F. The maximum Gasteiger partial charge on any atom is 0.418 e. The molecule has 8 heteroatoms. The molecule has 0 aliphatic heterocycles. The summed E-state index contributed by atoms with van der Waals surface area (Å²) in [5.74, 6) is -2.37. The quantitative estimate of drug-likeness (QED) is 0.418. The first-order valence-corrected chi connectivity index (χ1v) is 7.23. The number of allylic oxidation sites excluding steroid dienone is 1. The lowest BCUT2D eigenvalue weighted by molar-refractivity contribution is -0.114. The molecule has 1 aromatic carbocycles. The van der Waals surface area contributed by atoms with Crippen molar-refractivity contribution in [2.24, 2.45) is 0 Å². The summed E-state index contributed by atoms with van der Waals surface area (Å²) in [6.07, 6.45) is -5.12. The first-order chi connectivity index (χ1) is 11.1. The molecule has 3 N–H and O–H groups in total. The third-order valence-corrected chi connectivity index (χ3v) is 2.94. The largest absolute Gasteiger partial charge is 0.508 e. The van der Waals surface area contributed by atoms with Gasteiger partial charge in [-0.15, -0.1) is 0 Å². The van der Waals surface area contributed by atoms with Gasteiger partial charge in [0, 0.05) is 17.9 Å². The van der Waals surface area contributed by atoms with E-state index in [9.17, 15) is 27.5 Å². The Kier molecular flexibility index (Phi) is 8.15. The average molecular weight is 348 g/mol. The molecule has 1 rings (SSSR count). The summed E-state index contributed by atoms with van der Waals surface area (Å²) in [5.41, 5.74) is -2.31. The zero-order valence-corrected chi connectivity index (χ0v) is 13.8. The van der Waals surface area contributed by atoms with E-state index in [1.54, 1.807) is 0 Å². The second-order valence-electron chi connectivity index (χ2n) is 4.46. The highest BCUT2D eigenvalue weighted by molar-refractivity contribution is 6.07. The highest BCUT2D eigenvalue weighted by atomic mass is 19.4. The molecule has 0 bridgehead atoms. The third-order valence-electron chi connectivity index (χ3n) is 2.94. The molecular formula is C16H20F4N2O2. The van der Waals surface area contributed by atoms with Gasteiger partial charge in [0.1, 0.15) is 11.6 Å². The normalized spacial score (nSPS) is 11.8. The molecule has 0 spiro atoms. The number of benzene rings is 1. The minimum Gasteiger partial charge on any atom is -0.508 e. The van der Waals surface area contributed by atoms with Gasteiger partial charge in [0.2, 0.25) is 0 Å². The Labute approximate surface area is 137 Å². The van der Waals surface area contributed by atoms with Gasteiger partial charge in [0.15, 0.2) is 0 Å². The van der Waals surface area contributed by atoms with Crippen molar-refractivity contribution < 1.29 is 27.5 Å². The molecule has 0 saturated carbocycles. The zero-order valence-electron chi connectivity index (χ0n) is 13.8. The Balaban J connectivity index is 0.00000254. The lowest BCUT2D eigenvalue weighted by Crippen LogP contribution is -2.23. The van der Waals surface area contributed by atoms with E-state index in [1.807, 2.05) is 19.2 Å². The summed E-state index contributed by atoms with van der Waals surface area (Å²) >= 11 is 0. The van der Waals surface area contributed by atoms with Gasteiger partial charge in [-0.25, -0.2) is 4.39 Å². The Morgan fingerprint density at radius 3 is 2.29 bits per heavy atom. The molecule has 134 valence electrons. The lowest BCUT2D eigenvalue weighted by Gasteiger charge is -2.14. The van der Waals surface area contributed by atoms with Gasteiger partial charge in [-0.1, -0.05) is 20.8 Å². The van der Waals surface area contributed by atoms with Gasteiger partial charge in [-0.3, -0.25) is 4.79 Å². The van der Waals surface area contributed by atoms with Gasteiger partial charge in [0.25, 0.3) is 5.91 Å². The van der Waals surface area contributed by atoms with Crippen molar-refractivity contribution in [1.29, 1.82) is 5.41 Å². The summed E-state index contributed by atoms with van der Waals surface area (Å²) in [6.45, 7) is 6.74. The van der Waals surface area contributed by atoms with Crippen LogP contribution < -0.4 is 5.32 Å². The monoisotopic (exact) mass is 348 g/mol. The molecule has 0 saturated heterocycles. The zero-order chi connectivity index (χ0) is 19.1. The van der Waals surface area contributed by atoms with Crippen LogP contribution in [0.2, 0.25) is 0 Å². The summed E-state index contributed by atoms with van der Waals surface area (Å²) < 4.78 is 51.9. The highest BCUT2D eigenvalue weighted by Crippen LogP contribution is 2.30. The maximum absolute atomic E-state index is 13.7. The fourth-order valence-corrected chi connectivity index (χ4v) is 1.77. The molecule has 0 fully saturated rings. The number of nitrogens with one attached hydrogen (secondary N) is 2. The molecule has 0 aliphatic rings. The molecule has 0 heterocycles. The summed E-state index contributed by atoms with van der Waals surface area (Å²) in [4.78, 5) is 11.9. The Morgan fingerprint density at radius 1 is 1.33 bits per heavy atom. The van der Waals surface area contributed by atoms with Crippen molar-refractivity contribution in [3.63, 3.8) is 0 Å². The topological polar surface area (TPSA) is 73.2 Å². The molecular weight excluding hydrogens is 328 g/mol. The first-order valence-electron chi connectivity index (χ1n) is 7.23. The van der Waals surface area contributed by atoms with Gasteiger partial charge in [-0.2, -0.15) is 13.2 Å². The van der Waals surface area contributed by atoms with Crippen LogP contribution in [0.3, 0.4) is 0 Å². The number of halogens is 4. The molecule has 1 amide bonds. The van der Waals surface area contributed by atoms with Crippen molar-refractivity contribution in [3.8, 4) is 5.75 Å². The number of aromatic hydroxyl groups is 1. The smallest absolute Gasteiger partial charge is 0.418 e. The second-order valence-corrected chi connectivity index (χ2v) is 4.46. The fourth-order valence-electron chi connectivity index (χ4n) is 1.77. The van der Waals surface area contributed by atoms with E-state index in [0.29, 0.717) is 0 Å². The predicted molar refractivity (Wildman–Crippen MR) is 84.9 cm³/mol. The number of phenolic OH excluding ortho intramolecular Hbond substituents is 1. The van der Waals surface area contributed by atoms with Crippen molar-refractivity contribution in [3.05, 3.63) is 34.7 Å². The van der Waals surface area contributed by atoms with Crippen LogP contribution in [0, 0.1) is 18.2 Å². The van der Waals surface area contributed by atoms with Crippen molar-refractivity contribution >= 4 is 17.8 Å². The van der Waals surface area contributed by atoms with E-state index in [-0.39, 0.29) is 23.9 Å². The van der Waals surface area contributed by atoms with Crippen LogP contribution >= 0.6 is 0 Å². The number of carbonyl (C=O) groups excluding carboxylic acids is 1. The van der Waals surface area contributed by atoms with Crippen LogP contribution in [0.15, 0.2) is 23.3 Å². The molecule has 0 radical (unpaired) electrons. The van der Waals surface area contributed by atoms with Crippen LogP contribution in [-0.4, -0.2) is 23.4 Å². The summed E-state index contributed by atoms with van der Waals surface area (Å²) in [6, 6.07) is 1.86. The van der Waals surface area contributed by atoms with Crippen LogP contribution in [0.1, 0.15) is 32.8 Å². The molecule has 24 heavy (non-hydrogen) atoms. The number of anilines is 1. The number of hydrogen-bond acceptors (Lipinski definition) is 3. The minimum atomic E-state index is -4.86. The minimum absolute atomic E-state index is 0.0430. The number of aryl methyl sites for hydroxylation is 1. The second kappa shape index (κ2) is 9.05. The van der Waals surface area contributed by atoms with Gasteiger partial charge in [-0.05, 0) is 25.0 Å². The molecule has 0 atom stereocenters. The number of phenols is 1. The lowest BCUT2D eigenvalue weighted by atomic mass is 10.0. The number of carbonyl (C=O) groups is 1. The van der Waals surface area contributed by atoms with E-state index < -0.39 is 34.7 Å². The van der Waals surface area contributed by atoms with E-state index in [2.05, 4.69) is 0 Å². The number of amides is 1. The highest BCUT2D eigenvalue weighted by Gasteiger charge is 2.36. The number of alkyl halides is 3. The Morgan fingerprint density at radius 2 is 1.88 bits per heavy atom. The summed E-state index contributed by atoms with van der Waals surface area (Å²) in [7, 11) is 0. The molecule has 0 aliphatic carbocycles. The van der Waals surface area contributed by atoms with Crippen LogP contribution in [0.25, 0.3) is 0 Å².